The summed E-state index contributed by atoms with van der Waals surface area (Å²) in [6.45, 7) is 6.87. The summed E-state index contributed by atoms with van der Waals surface area (Å²) in [5.41, 5.74) is 4.45. The number of thioether (sulfide) groups is 1. The molecule has 5 nitrogen and oxygen atoms in total. The largest absolute Gasteiger partial charge is 0.341 e. The van der Waals surface area contributed by atoms with Gasteiger partial charge in [-0.05, 0) is 56.7 Å². The highest BCUT2D eigenvalue weighted by atomic mass is 32.2. The summed E-state index contributed by atoms with van der Waals surface area (Å²) in [5.74, 6) is -0.0849. The smallest absolute Gasteiger partial charge is 0.237 e. The predicted molar refractivity (Wildman–Crippen MR) is 127 cm³/mol. The van der Waals surface area contributed by atoms with Crippen molar-refractivity contribution in [2.75, 3.05) is 5.32 Å². The van der Waals surface area contributed by atoms with Crippen LogP contribution in [0.2, 0.25) is 0 Å². The third kappa shape index (κ3) is 4.01. The topological polar surface area (TPSA) is 70.7 Å². The highest BCUT2D eigenvalue weighted by Crippen LogP contribution is 2.32. The van der Waals surface area contributed by atoms with Gasteiger partial charge in [-0.25, -0.2) is 4.98 Å². The number of rotatable bonds is 6. The first-order chi connectivity index (χ1) is 15.0. The Hall–Kier alpha value is -3.30. The van der Waals surface area contributed by atoms with E-state index >= 15 is 0 Å². The number of carbonyl (C=O) groups excluding carboxylic acids is 1. The lowest BCUT2D eigenvalue weighted by atomic mass is 10.1. The fraction of sp³-hybridized carbons (Fsp3) is 0.240. The van der Waals surface area contributed by atoms with Gasteiger partial charge in [-0.1, -0.05) is 36.9 Å². The Morgan fingerprint density at radius 3 is 2.65 bits per heavy atom. The molecular formula is C25H24N4OS. The molecule has 0 aliphatic carbocycles. The number of carbonyl (C=O) groups is 1. The molecule has 1 unspecified atom stereocenters. The van der Waals surface area contributed by atoms with Crippen molar-refractivity contribution in [3.63, 3.8) is 0 Å². The number of aryl methyl sites for hydroxylation is 2. The number of nitrogens with zero attached hydrogens (tertiary/aromatic N) is 3. The second-order valence-corrected chi connectivity index (χ2v) is 8.61. The van der Waals surface area contributed by atoms with Crippen molar-refractivity contribution < 1.29 is 4.79 Å². The molecule has 1 amide bonds. The van der Waals surface area contributed by atoms with Gasteiger partial charge in [0, 0.05) is 39.7 Å². The summed E-state index contributed by atoms with van der Waals surface area (Å²) in [6.07, 6.45) is 0.633. The van der Waals surface area contributed by atoms with E-state index in [1.165, 1.54) is 22.7 Å². The first-order valence-corrected chi connectivity index (χ1v) is 11.3. The number of nitriles is 1. The Kier molecular flexibility index (Phi) is 5.97. The summed E-state index contributed by atoms with van der Waals surface area (Å²) in [6, 6.07) is 20.1. The van der Waals surface area contributed by atoms with Crippen LogP contribution in [0.25, 0.3) is 21.8 Å². The molecule has 0 saturated carbocycles. The highest BCUT2D eigenvalue weighted by Gasteiger charge is 2.21. The summed E-state index contributed by atoms with van der Waals surface area (Å²) in [7, 11) is 0. The second-order valence-electron chi connectivity index (χ2n) is 7.41. The summed E-state index contributed by atoms with van der Waals surface area (Å²) in [5, 5.41) is 15.0. The average Bonchev–Trinajstić information content (AvgIpc) is 3.10. The van der Waals surface area contributed by atoms with Crippen molar-refractivity contribution >= 4 is 45.2 Å². The second kappa shape index (κ2) is 8.83. The number of hydrogen-bond donors (Lipinski definition) is 1. The SMILES string of the molecule is CCC(Sc1nc(C)ccc1C#N)C(=O)Nc1ccc2c(c1)c1ccccc1n2CC. The van der Waals surface area contributed by atoms with E-state index in [-0.39, 0.29) is 11.2 Å². The van der Waals surface area contributed by atoms with E-state index in [0.717, 1.165) is 28.8 Å². The number of hydrogen-bond acceptors (Lipinski definition) is 4. The van der Waals surface area contributed by atoms with Crippen LogP contribution in [-0.2, 0) is 11.3 Å². The van der Waals surface area contributed by atoms with Gasteiger partial charge in [0.25, 0.3) is 0 Å². The number of pyridine rings is 1. The van der Waals surface area contributed by atoms with Gasteiger partial charge in [-0.2, -0.15) is 5.26 Å². The lowest BCUT2D eigenvalue weighted by Gasteiger charge is -2.15. The van der Waals surface area contributed by atoms with Crippen LogP contribution in [0, 0.1) is 18.3 Å². The van der Waals surface area contributed by atoms with E-state index in [2.05, 4.69) is 46.1 Å². The van der Waals surface area contributed by atoms with E-state index in [1.807, 2.05) is 44.2 Å². The molecule has 31 heavy (non-hydrogen) atoms. The molecule has 0 aliphatic heterocycles. The molecule has 0 radical (unpaired) electrons. The van der Waals surface area contributed by atoms with Gasteiger partial charge in [0.05, 0.1) is 10.8 Å². The number of anilines is 1. The van der Waals surface area contributed by atoms with Crippen molar-refractivity contribution in [2.45, 2.75) is 44.0 Å². The first kappa shape index (κ1) is 21.0. The van der Waals surface area contributed by atoms with Gasteiger partial charge in [-0.15, -0.1) is 0 Å². The minimum Gasteiger partial charge on any atom is -0.341 e. The van der Waals surface area contributed by atoms with Gasteiger partial charge in [0.1, 0.15) is 11.1 Å². The van der Waals surface area contributed by atoms with E-state index in [0.29, 0.717) is 17.0 Å². The Morgan fingerprint density at radius 1 is 1.13 bits per heavy atom. The zero-order valence-electron chi connectivity index (χ0n) is 17.8. The van der Waals surface area contributed by atoms with Gasteiger partial charge < -0.3 is 9.88 Å². The zero-order chi connectivity index (χ0) is 22.0. The number of aromatic nitrogens is 2. The Bertz CT molecular complexity index is 1320. The molecule has 4 rings (SSSR count). The average molecular weight is 429 g/mol. The number of nitrogens with one attached hydrogen (secondary N) is 1. The molecule has 0 saturated heterocycles. The quantitative estimate of drug-likeness (QED) is 0.388. The number of fused-ring (bicyclic) bond motifs is 3. The third-order valence-electron chi connectivity index (χ3n) is 5.39. The van der Waals surface area contributed by atoms with Crippen molar-refractivity contribution in [1.82, 2.24) is 9.55 Å². The minimum absolute atomic E-state index is 0.0849. The fourth-order valence-corrected chi connectivity index (χ4v) is 4.90. The summed E-state index contributed by atoms with van der Waals surface area (Å²) in [4.78, 5) is 17.5. The van der Waals surface area contributed by atoms with Crippen molar-refractivity contribution in [3.8, 4) is 6.07 Å². The van der Waals surface area contributed by atoms with Crippen molar-refractivity contribution in [3.05, 3.63) is 65.9 Å². The highest BCUT2D eigenvalue weighted by molar-refractivity contribution is 8.00. The molecule has 0 fully saturated rings. The molecule has 0 spiro atoms. The molecule has 0 bridgehead atoms. The molecule has 4 aromatic rings. The maximum Gasteiger partial charge on any atom is 0.237 e. The van der Waals surface area contributed by atoms with Crippen LogP contribution in [0.1, 0.15) is 31.5 Å². The van der Waals surface area contributed by atoms with Gasteiger partial charge in [0.2, 0.25) is 5.91 Å². The Morgan fingerprint density at radius 2 is 1.90 bits per heavy atom. The van der Waals surface area contributed by atoms with Crippen molar-refractivity contribution in [1.29, 1.82) is 5.26 Å². The van der Waals surface area contributed by atoms with Crippen LogP contribution in [0.4, 0.5) is 5.69 Å². The van der Waals surface area contributed by atoms with Crippen LogP contribution in [0.5, 0.6) is 0 Å². The third-order valence-corrected chi connectivity index (χ3v) is 6.76. The van der Waals surface area contributed by atoms with E-state index in [9.17, 15) is 10.1 Å². The Balaban J connectivity index is 1.62. The normalized spacial score (nSPS) is 12.1. The van der Waals surface area contributed by atoms with Crippen LogP contribution in [0.15, 0.2) is 59.6 Å². The summed E-state index contributed by atoms with van der Waals surface area (Å²) < 4.78 is 2.29. The fourth-order valence-electron chi connectivity index (χ4n) is 3.86. The van der Waals surface area contributed by atoms with Crippen LogP contribution < -0.4 is 5.32 Å². The van der Waals surface area contributed by atoms with Crippen LogP contribution in [0.3, 0.4) is 0 Å². The van der Waals surface area contributed by atoms with E-state index < -0.39 is 0 Å². The lowest BCUT2D eigenvalue weighted by Crippen LogP contribution is -2.24. The molecule has 1 N–H and O–H groups in total. The molecule has 2 heterocycles. The molecule has 0 aliphatic rings. The zero-order valence-corrected chi connectivity index (χ0v) is 18.7. The number of benzene rings is 2. The standard InChI is InChI=1S/C25H24N4OS/c1-4-23(31-25-17(15-26)11-10-16(3)27-25)24(30)28-18-12-13-22-20(14-18)19-8-6-7-9-21(19)29(22)5-2/h6-14,23H,4-5H2,1-3H3,(H,28,30). The molecule has 2 aromatic heterocycles. The number of amides is 1. The van der Waals surface area contributed by atoms with Crippen LogP contribution >= 0.6 is 11.8 Å². The van der Waals surface area contributed by atoms with Gasteiger partial charge in [-0.3, -0.25) is 4.79 Å². The minimum atomic E-state index is -0.339. The molecule has 156 valence electrons. The van der Waals surface area contributed by atoms with Crippen molar-refractivity contribution in [2.24, 2.45) is 0 Å². The lowest BCUT2D eigenvalue weighted by molar-refractivity contribution is -0.115. The van der Waals surface area contributed by atoms with E-state index in [4.69, 9.17) is 0 Å². The van der Waals surface area contributed by atoms with Crippen LogP contribution in [-0.4, -0.2) is 20.7 Å². The molecular weight excluding hydrogens is 404 g/mol. The number of para-hydroxylation sites is 1. The maximum atomic E-state index is 13.0. The first-order valence-electron chi connectivity index (χ1n) is 10.4. The molecule has 6 heteroatoms. The Labute approximate surface area is 186 Å². The molecule has 1 atom stereocenters. The molecule has 2 aromatic carbocycles. The maximum absolute atomic E-state index is 13.0. The van der Waals surface area contributed by atoms with Gasteiger partial charge in [0.15, 0.2) is 0 Å². The summed E-state index contributed by atoms with van der Waals surface area (Å²) >= 11 is 1.35. The monoisotopic (exact) mass is 428 g/mol. The van der Waals surface area contributed by atoms with Gasteiger partial charge >= 0.3 is 0 Å². The van der Waals surface area contributed by atoms with E-state index in [1.54, 1.807) is 6.07 Å². The predicted octanol–water partition coefficient (Wildman–Crippen LogP) is 5.90.